The molecular formula is C12H24O8P2. The molecular weight excluding hydrogens is 334 g/mol. The second kappa shape index (κ2) is 10.4. The Hall–Kier alpha value is -0.360. The van der Waals surface area contributed by atoms with E-state index < -0.39 is 39.1 Å². The fourth-order valence-electron chi connectivity index (χ4n) is 1.53. The van der Waals surface area contributed by atoms with E-state index in [1.807, 2.05) is 0 Å². The van der Waals surface area contributed by atoms with E-state index >= 15 is 0 Å². The van der Waals surface area contributed by atoms with Crippen LogP contribution in [0.4, 0.5) is 0 Å². The Bertz CT molecular complexity index is 400. The van der Waals surface area contributed by atoms with Gasteiger partial charge in [-0.1, -0.05) is 0 Å². The van der Waals surface area contributed by atoms with Gasteiger partial charge in [-0.25, -0.2) is 0 Å². The second-order valence-corrected chi connectivity index (χ2v) is 7.97. The van der Waals surface area contributed by atoms with Crippen LogP contribution in [0.2, 0.25) is 0 Å². The van der Waals surface area contributed by atoms with Crippen molar-refractivity contribution < 1.29 is 36.8 Å². The lowest BCUT2D eigenvalue weighted by molar-refractivity contribution is -0.118. The lowest BCUT2D eigenvalue weighted by Gasteiger charge is -2.17. The number of hydrogen-bond acceptors (Lipinski definition) is 8. The summed E-state index contributed by atoms with van der Waals surface area (Å²) in [7, 11) is -7.82. The van der Waals surface area contributed by atoms with Crippen molar-refractivity contribution >= 4 is 26.2 Å². The Morgan fingerprint density at radius 2 is 0.864 bits per heavy atom. The summed E-state index contributed by atoms with van der Waals surface area (Å²) in [4.78, 5) is 23.9. The van der Waals surface area contributed by atoms with Crippen LogP contribution in [0.15, 0.2) is 0 Å². The molecule has 0 saturated heterocycles. The minimum Gasteiger partial charge on any atom is -0.303 e. The zero-order valence-corrected chi connectivity index (χ0v) is 15.2. The lowest BCUT2D eigenvalue weighted by atomic mass is 10.4. The molecule has 0 heterocycles. The van der Waals surface area contributed by atoms with Crippen LogP contribution in [0, 0.1) is 0 Å². The smallest absolute Gasteiger partial charge is 0.303 e. The fourth-order valence-corrected chi connectivity index (χ4v) is 4.39. The molecule has 0 radical (unpaired) electrons. The van der Waals surface area contributed by atoms with Gasteiger partial charge in [0.15, 0.2) is 0 Å². The highest BCUT2D eigenvalue weighted by Crippen LogP contribution is 2.53. The van der Waals surface area contributed by atoms with Crippen LogP contribution in [0.3, 0.4) is 0 Å². The predicted molar refractivity (Wildman–Crippen MR) is 81.0 cm³/mol. The molecule has 0 aliphatic rings. The van der Waals surface area contributed by atoms with Gasteiger partial charge in [0.25, 0.3) is 0 Å². The molecule has 0 aromatic rings. The maximum absolute atomic E-state index is 12.2. The van der Waals surface area contributed by atoms with Crippen LogP contribution < -0.4 is 0 Å². The van der Waals surface area contributed by atoms with Crippen molar-refractivity contribution in [1.82, 2.24) is 0 Å². The van der Waals surface area contributed by atoms with Gasteiger partial charge in [-0.2, -0.15) is 0 Å². The van der Waals surface area contributed by atoms with Crippen molar-refractivity contribution in [2.45, 2.75) is 40.5 Å². The summed E-state index contributed by atoms with van der Waals surface area (Å²) < 4.78 is 43.9. The minimum atomic E-state index is -3.91. The SMILES string of the molecule is CCOP(=O)(OCC)C(=O)CCC(=O)P(=O)(OCC)OCC. The summed E-state index contributed by atoms with van der Waals surface area (Å²) in [6.45, 7) is 6.43. The average molecular weight is 358 g/mol. The van der Waals surface area contributed by atoms with E-state index in [1.54, 1.807) is 27.7 Å². The summed E-state index contributed by atoms with van der Waals surface area (Å²) >= 11 is 0. The van der Waals surface area contributed by atoms with E-state index in [2.05, 4.69) is 0 Å². The Balaban J connectivity index is 4.83. The third-order valence-corrected chi connectivity index (χ3v) is 6.42. The number of carbonyl (C=O) groups is 2. The van der Waals surface area contributed by atoms with E-state index in [0.717, 1.165) is 0 Å². The largest absolute Gasteiger partial charge is 0.396 e. The quantitative estimate of drug-likeness (QED) is 0.462. The summed E-state index contributed by atoms with van der Waals surface area (Å²) in [5.41, 5.74) is -1.66. The summed E-state index contributed by atoms with van der Waals surface area (Å²) in [6.07, 6.45) is -0.833. The molecule has 0 unspecified atom stereocenters. The van der Waals surface area contributed by atoms with Gasteiger partial charge in [0.2, 0.25) is 11.0 Å². The topological polar surface area (TPSA) is 105 Å². The Labute approximate surface area is 130 Å². The third-order valence-electron chi connectivity index (χ3n) is 2.36. The van der Waals surface area contributed by atoms with Crippen molar-refractivity contribution in [3.63, 3.8) is 0 Å². The first-order valence-electron chi connectivity index (χ1n) is 7.14. The van der Waals surface area contributed by atoms with Crippen molar-refractivity contribution in [3.8, 4) is 0 Å². The van der Waals surface area contributed by atoms with E-state index in [-0.39, 0.29) is 26.4 Å². The van der Waals surface area contributed by atoms with E-state index in [0.29, 0.717) is 0 Å². The highest BCUT2D eigenvalue weighted by molar-refractivity contribution is 7.72. The van der Waals surface area contributed by atoms with Crippen molar-refractivity contribution in [1.29, 1.82) is 0 Å². The van der Waals surface area contributed by atoms with Crippen LogP contribution in [0.25, 0.3) is 0 Å². The van der Waals surface area contributed by atoms with E-state index in [9.17, 15) is 18.7 Å². The van der Waals surface area contributed by atoms with Crippen LogP contribution in [0.1, 0.15) is 40.5 Å². The molecule has 0 atom stereocenters. The summed E-state index contributed by atoms with van der Waals surface area (Å²) in [5.74, 6) is 0. The Morgan fingerprint density at radius 3 is 1.05 bits per heavy atom. The Morgan fingerprint density at radius 1 is 0.636 bits per heavy atom. The maximum Gasteiger partial charge on any atom is 0.396 e. The van der Waals surface area contributed by atoms with Crippen LogP contribution >= 0.6 is 15.2 Å². The molecule has 10 heteroatoms. The molecule has 0 rings (SSSR count). The first-order chi connectivity index (χ1) is 10.3. The molecule has 0 fully saturated rings. The standard InChI is InChI=1S/C12H24O8P2/c1-5-17-21(15,18-6-2)11(13)9-10-12(14)22(16,19-7-3)20-8-4/h5-10H2,1-4H3. The molecule has 0 N–H and O–H groups in total. The monoisotopic (exact) mass is 358 g/mol. The number of hydrogen-bond donors (Lipinski definition) is 0. The molecule has 8 nitrogen and oxygen atoms in total. The van der Waals surface area contributed by atoms with Crippen molar-refractivity contribution in [2.75, 3.05) is 26.4 Å². The normalized spacial score (nSPS) is 12.4. The zero-order chi connectivity index (χ0) is 17.2. The summed E-state index contributed by atoms with van der Waals surface area (Å²) in [5, 5.41) is 0. The highest BCUT2D eigenvalue weighted by atomic mass is 31.2. The second-order valence-electron chi connectivity index (χ2n) is 3.95. The van der Waals surface area contributed by atoms with Gasteiger partial charge in [0.05, 0.1) is 26.4 Å². The van der Waals surface area contributed by atoms with Crippen molar-refractivity contribution in [3.05, 3.63) is 0 Å². The average Bonchev–Trinajstić information content (AvgIpc) is 2.45. The van der Waals surface area contributed by atoms with Crippen molar-refractivity contribution in [2.24, 2.45) is 0 Å². The minimum absolute atomic E-state index is 0.0351. The fraction of sp³-hybridized carbons (Fsp3) is 0.833. The van der Waals surface area contributed by atoms with Crippen LogP contribution in [0.5, 0.6) is 0 Å². The first kappa shape index (κ1) is 21.6. The molecule has 0 aliphatic carbocycles. The molecule has 130 valence electrons. The molecule has 0 saturated carbocycles. The lowest BCUT2D eigenvalue weighted by Crippen LogP contribution is -2.12. The number of rotatable bonds is 13. The first-order valence-corrected chi connectivity index (χ1v) is 10.2. The molecule has 0 aromatic heterocycles. The Kier molecular flexibility index (Phi) is 10.3. The van der Waals surface area contributed by atoms with Gasteiger partial charge in [0, 0.05) is 12.8 Å². The van der Waals surface area contributed by atoms with Gasteiger partial charge < -0.3 is 18.1 Å². The molecule has 0 amide bonds. The van der Waals surface area contributed by atoms with Gasteiger partial charge in [0.1, 0.15) is 0 Å². The van der Waals surface area contributed by atoms with Gasteiger partial charge in [-0.15, -0.1) is 0 Å². The molecule has 0 bridgehead atoms. The molecule has 22 heavy (non-hydrogen) atoms. The molecule has 0 spiro atoms. The van der Waals surface area contributed by atoms with Crippen LogP contribution in [-0.4, -0.2) is 37.5 Å². The summed E-state index contributed by atoms with van der Waals surface area (Å²) in [6, 6.07) is 0. The highest BCUT2D eigenvalue weighted by Gasteiger charge is 2.38. The van der Waals surface area contributed by atoms with E-state index in [4.69, 9.17) is 18.1 Å². The molecule has 0 aliphatic heterocycles. The van der Waals surface area contributed by atoms with Gasteiger partial charge in [-0.05, 0) is 27.7 Å². The molecule has 0 aromatic carbocycles. The van der Waals surface area contributed by atoms with Gasteiger partial charge in [-0.3, -0.25) is 18.7 Å². The van der Waals surface area contributed by atoms with Gasteiger partial charge >= 0.3 is 15.2 Å². The predicted octanol–water partition coefficient (Wildman–Crippen LogP) is 3.35. The third kappa shape index (κ3) is 6.41. The maximum atomic E-state index is 12.2. The number of carbonyl (C=O) groups excluding carboxylic acids is 2. The van der Waals surface area contributed by atoms with E-state index in [1.165, 1.54) is 0 Å². The zero-order valence-electron chi connectivity index (χ0n) is 13.4. The van der Waals surface area contributed by atoms with Crippen LogP contribution in [-0.2, 0) is 36.8 Å².